The van der Waals surface area contributed by atoms with Crippen LogP contribution in [0.25, 0.3) is 10.9 Å². The topological polar surface area (TPSA) is 152 Å². The van der Waals surface area contributed by atoms with Gasteiger partial charge in [0.1, 0.15) is 0 Å². The van der Waals surface area contributed by atoms with Crippen LogP contribution in [0.4, 0.5) is 17.1 Å². The Labute approximate surface area is 346 Å². The molecule has 0 radical (unpaired) electrons. The summed E-state index contributed by atoms with van der Waals surface area (Å²) in [7, 11) is 0. The third kappa shape index (κ3) is 13.6. The molecule has 11 N–H and O–H groups in total. The van der Waals surface area contributed by atoms with E-state index < -0.39 is 0 Å². The number of para-hydroxylation sites is 1. The second kappa shape index (κ2) is 22.1. The predicted octanol–water partition coefficient (Wildman–Crippen LogP) is 8.82. The van der Waals surface area contributed by atoms with Gasteiger partial charge in [0.25, 0.3) is 0 Å². The van der Waals surface area contributed by atoms with Crippen molar-refractivity contribution in [1.29, 1.82) is 0 Å². The molecule has 1 aliphatic rings. The van der Waals surface area contributed by atoms with Crippen LogP contribution in [0.5, 0.6) is 0 Å². The minimum absolute atomic E-state index is 0.0479. The number of aliphatic imine (C=N–C) groups is 1. The lowest BCUT2D eigenvalue weighted by molar-refractivity contribution is 0.378. The van der Waals surface area contributed by atoms with Crippen molar-refractivity contribution in [2.24, 2.45) is 22.4 Å². The summed E-state index contributed by atoms with van der Waals surface area (Å²) < 4.78 is 0. The Morgan fingerprint density at radius 2 is 1.40 bits per heavy atom. The Bertz CT molecular complexity index is 2000. The number of aromatic nitrogens is 1. The quantitative estimate of drug-likeness (QED) is 0.0184. The van der Waals surface area contributed by atoms with E-state index in [9.17, 15) is 0 Å². The van der Waals surface area contributed by atoms with Crippen molar-refractivity contribution in [3.8, 4) is 0 Å². The van der Waals surface area contributed by atoms with E-state index in [1.54, 1.807) is 0 Å². The molecular weight excluding hydrogens is 717 g/mol. The average molecular weight is 783 g/mol. The van der Waals surface area contributed by atoms with E-state index in [0.29, 0.717) is 25.6 Å². The zero-order chi connectivity index (χ0) is 41.3. The highest BCUT2D eigenvalue weighted by Gasteiger charge is 2.22. The summed E-state index contributed by atoms with van der Waals surface area (Å²) in [4.78, 5) is 7.59. The van der Waals surface area contributed by atoms with Gasteiger partial charge < -0.3 is 48.4 Å². The fraction of sp³-hybridized carbons (Fsp3) is 0.354. The predicted molar refractivity (Wildman–Crippen MR) is 248 cm³/mol. The molecule has 1 aromatic heterocycles. The Balaban J connectivity index is 1.15. The molecular formula is C48H66N10. The van der Waals surface area contributed by atoms with Crippen LogP contribution in [-0.2, 0) is 12.8 Å². The lowest BCUT2D eigenvalue weighted by atomic mass is 9.87. The van der Waals surface area contributed by atoms with Gasteiger partial charge >= 0.3 is 0 Å². The Morgan fingerprint density at radius 1 is 0.759 bits per heavy atom. The van der Waals surface area contributed by atoms with Crippen molar-refractivity contribution >= 4 is 33.9 Å². The molecule has 58 heavy (non-hydrogen) atoms. The molecule has 2 atom stereocenters. The summed E-state index contributed by atoms with van der Waals surface area (Å²) in [6.07, 6.45) is 12.6. The number of nitrogens with one attached hydrogen (secondary N) is 7. The molecule has 0 spiro atoms. The van der Waals surface area contributed by atoms with Crippen molar-refractivity contribution < 1.29 is 0 Å². The van der Waals surface area contributed by atoms with Crippen molar-refractivity contribution in [3.05, 3.63) is 152 Å². The summed E-state index contributed by atoms with van der Waals surface area (Å²) >= 11 is 0. The summed E-state index contributed by atoms with van der Waals surface area (Å²) in [5.41, 5.74) is 22.4. The van der Waals surface area contributed by atoms with Crippen molar-refractivity contribution in [2.75, 3.05) is 30.3 Å². The monoisotopic (exact) mass is 783 g/mol. The zero-order valence-corrected chi connectivity index (χ0v) is 34.6. The average Bonchev–Trinajstić information content (AvgIpc) is 3.64. The van der Waals surface area contributed by atoms with Gasteiger partial charge in [0.05, 0.1) is 25.2 Å². The maximum absolute atomic E-state index is 5.56. The summed E-state index contributed by atoms with van der Waals surface area (Å²) in [6, 6.07) is 25.0. The van der Waals surface area contributed by atoms with E-state index >= 15 is 0 Å². The molecule has 0 bridgehead atoms. The highest BCUT2D eigenvalue weighted by Crippen LogP contribution is 2.29. The Morgan fingerprint density at radius 3 is 2.09 bits per heavy atom. The van der Waals surface area contributed by atoms with E-state index in [0.717, 1.165) is 83.2 Å². The van der Waals surface area contributed by atoms with Gasteiger partial charge in [0.15, 0.2) is 5.96 Å². The third-order valence-electron chi connectivity index (χ3n) is 10.9. The first-order valence-electron chi connectivity index (χ1n) is 20.8. The van der Waals surface area contributed by atoms with Gasteiger partial charge in [-0.1, -0.05) is 89.4 Å². The number of aryl methyl sites for hydroxylation is 1. The minimum Gasteiger partial charge on any atom is -0.382 e. The molecule has 1 saturated carbocycles. The van der Waals surface area contributed by atoms with Crippen LogP contribution in [-0.4, -0.2) is 42.7 Å². The van der Waals surface area contributed by atoms with E-state index in [1.807, 2.05) is 12.1 Å². The molecule has 2 unspecified atom stereocenters. The molecule has 0 amide bonds. The number of aromatic amines is 1. The van der Waals surface area contributed by atoms with E-state index in [1.165, 1.54) is 48.6 Å². The highest BCUT2D eigenvalue weighted by molar-refractivity contribution is 5.83. The fourth-order valence-corrected chi connectivity index (χ4v) is 7.44. The molecule has 3 aromatic carbocycles. The molecule has 5 rings (SSSR count). The number of allylic oxidation sites excluding steroid dienone is 1. The smallest absolute Gasteiger partial charge is 0.185 e. The lowest BCUT2D eigenvalue weighted by Gasteiger charge is -2.30. The molecule has 1 aliphatic carbocycles. The summed E-state index contributed by atoms with van der Waals surface area (Å²) in [6.45, 7) is 25.9. The van der Waals surface area contributed by atoms with Gasteiger partial charge in [-0.25, -0.2) is 0 Å². The molecule has 0 saturated heterocycles. The van der Waals surface area contributed by atoms with Crippen LogP contribution in [0.15, 0.2) is 145 Å². The van der Waals surface area contributed by atoms with Crippen LogP contribution in [0.2, 0.25) is 0 Å². The normalized spacial score (nSPS) is 13.7. The second-order valence-corrected chi connectivity index (χ2v) is 15.5. The second-order valence-electron chi connectivity index (χ2n) is 15.5. The number of hydrogen-bond donors (Lipinski definition) is 9. The first-order valence-corrected chi connectivity index (χ1v) is 20.8. The Hall–Kier alpha value is -6.03. The van der Waals surface area contributed by atoms with Gasteiger partial charge in [-0.2, -0.15) is 0 Å². The summed E-state index contributed by atoms with van der Waals surface area (Å²) in [5, 5.41) is 22.6. The molecule has 10 nitrogen and oxygen atoms in total. The maximum Gasteiger partial charge on any atom is 0.185 e. The fourth-order valence-electron chi connectivity index (χ4n) is 7.44. The van der Waals surface area contributed by atoms with E-state index in [4.69, 9.17) is 11.5 Å². The number of guanidine groups is 1. The molecule has 1 fully saturated rings. The van der Waals surface area contributed by atoms with Crippen molar-refractivity contribution in [3.63, 3.8) is 0 Å². The third-order valence-corrected chi connectivity index (χ3v) is 10.9. The number of H-pyrrole nitrogens is 1. The molecule has 10 heteroatoms. The van der Waals surface area contributed by atoms with Gasteiger partial charge in [-0.05, 0) is 98.0 Å². The van der Waals surface area contributed by atoms with Gasteiger partial charge in [0.2, 0.25) is 0 Å². The zero-order valence-electron chi connectivity index (χ0n) is 34.6. The van der Waals surface area contributed by atoms with Crippen molar-refractivity contribution in [2.45, 2.75) is 83.2 Å². The summed E-state index contributed by atoms with van der Waals surface area (Å²) in [5.74, 6) is 0.595. The minimum atomic E-state index is -0.0856. The number of rotatable bonds is 25. The standard InChI is InChI=1S/C48H66N10/c1-7-38-20-22-42(23-21-38)58-43-26-24-41(25-27-43)55-33(2)30-52-36(5)45(18-13-14-28-51-48(49)50)56-34(3)31-53-37(6)47(57-35(4)39-15-9-8-10-16-39)29-40-32-54-46-19-12-11-17-44(40)46/h11-12,17,19-27,32,39,45,47,52-58H,2-10,13-16,18,28-31H2,1H3,(H4,49,50,51). The number of hydrogen-bond acceptors (Lipinski definition) is 7. The van der Waals surface area contributed by atoms with Crippen LogP contribution >= 0.6 is 0 Å². The molecule has 0 aliphatic heterocycles. The largest absolute Gasteiger partial charge is 0.382 e. The van der Waals surface area contributed by atoms with Crippen LogP contribution in [0, 0.1) is 5.92 Å². The number of fused-ring (bicyclic) bond motifs is 1. The first kappa shape index (κ1) is 43.1. The van der Waals surface area contributed by atoms with Gasteiger partial charge in [0, 0.05) is 75.6 Å². The number of nitrogens with two attached hydrogens (primary N) is 2. The molecule has 1 heterocycles. The van der Waals surface area contributed by atoms with E-state index in [2.05, 4.69) is 149 Å². The van der Waals surface area contributed by atoms with Gasteiger partial charge in [-0.3, -0.25) is 4.99 Å². The van der Waals surface area contributed by atoms with Gasteiger partial charge in [-0.15, -0.1) is 0 Å². The highest BCUT2D eigenvalue weighted by atomic mass is 15.1. The van der Waals surface area contributed by atoms with Crippen LogP contribution in [0.1, 0.15) is 69.4 Å². The molecule has 4 aromatic rings. The maximum atomic E-state index is 5.56. The van der Waals surface area contributed by atoms with Crippen LogP contribution in [0.3, 0.4) is 0 Å². The SMILES string of the molecule is C=C(CNC(=C)C(CCCCN=C(N)N)NC(=C)CNC(=C)C(Cc1c[nH]c2ccccc12)NC(=C)C1CCCCC1)Nc1ccc(Nc2ccc(CC)cc2)cc1. The number of benzene rings is 3. The number of unbranched alkanes of at least 4 members (excludes halogenated alkanes) is 1. The Kier molecular flexibility index (Phi) is 16.4. The van der Waals surface area contributed by atoms with Crippen LogP contribution < -0.4 is 43.4 Å². The molecule has 308 valence electrons. The number of nitrogens with zero attached hydrogens (tertiary/aromatic N) is 1. The van der Waals surface area contributed by atoms with Crippen molar-refractivity contribution in [1.82, 2.24) is 26.3 Å². The number of anilines is 3. The first-order chi connectivity index (χ1) is 28.1. The van der Waals surface area contributed by atoms with E-state index in [-0.39, 0.29) is 18.0 Å². The lowest BCUT2D eigenvalue weighted by Crippen LogP contribution is -2.42.